The first kappa shape index (κ1) is 21.8. The summed E-state index contributed by atoms with van der Waals surface area (Å²) in [5.74, 6) is -0.832. The van der Waals surface area contributed by atoms with E-state index in [4.69, 9.17) is 9.72 Å². The SMILES string of the molecule is CSc1ccccc1NC(=O)C(C)OC(=O)C1CCCCC1c1nc2ccccc2s1. The maximum atomic E-state index is 13.1. The van der Waals surface area contributed by atoms with Crippen molar-refractivity contribution in [1.29, 1.82) is 0 Å². The van der Waals surface area contributed by atoms with Gasteiger partial charge in [0.1, 0.15) is 0 Å². The van der Waals surface area contributed by atoms with E-state index in [9.17, 15) is 9.59 Å². The van der Waals surface area contributed by atoms with Crippen molar-refractivity contribution in [3.8, 4) is 0 Å². The summed E-state index contributed by atoms with van der Waals surface area (Å²) in [7, 11) is 0. The van der Waals surface area contributed by atoms with Gasteiger partial charge < -0.3 is 10.1 Å². The summed E-state index contributed by atoms with van der Waals surface area (Å²) in [6, 6.07) is 15.6. The van der Waals surface area contributed by atoms with Crippen LogP contribution in [0.5, 0.6) is 0 Å². The molecule has 0 bridgehead atoms. The molecule has 3 atom stereocenters. The zero-order chi connectivity index (χ0) is 21.8. The van der Waals surface area contributed by atoms with Crippen molar-refractivity contribution in [3.05, 3.63) is 53.5 Å². The van der Waals surface area contributed by atoms with Gasteiger partial charge in [-0.15, -0.1) is 23.1 Å². The molecule has 31 heavy (non-hydrogen) atoms. The fourth-order valence-corrected chi connectivity index (χ4v) is 5.78. The molecule has 1 aliphatic rings. The molecule has 162 valence electrons. The molecule has 1 aromatic heterocycles. The van der Waals surface area contributed by atoms with Crippen LogP contribution in [0.3, 0.4) is 0 Å². The number of amides is 1. The molecule has 0 saturated heterocycles. The van der Waals surface area contributed by atoms with Crippen molar-refractivity contribution < 1.29 is 14.3 Å². The Kier molecular flexibility index (Phi) is 6.92. The average Bonchev–Trinajstić information content (AvgIpc) is 3.23. The maximum absolute atomic E-state index is 13.1. The minimum absolute atomic E-state index is 0.0473. The van der Waals surface area contributed by atoms with E-state index < -0.39 is 6.10 Å². The number of thioether (sulfide) groups is 1. The summed E-state index contributed by atoms with van der Waals surface area (Å²) in [6.07, 6.45) is 4.85. The van der Waals surface area contributed by atoms with Crippen molar-refractivity contribution in [2.45, 2.75) is 49.5 Å². The highest BCUT2D eigenvalue weighted by Crippen LogP contribution is 2.41. The van der Waals surface area contributed by atoms with Crippen molar-refractivity contribution in [2.75, 3.05) is 11.6 Å². The molecule has 2 aromatic carbocycles. The normalized spacial score (nSPS) is 19.7. The molecule has 0 radical (unpaired) electrons. The first-order valence-electron chi connectivity index (χ1n) is 10.6. The van der Waals surface area contributed by atoms with E-state index in [-0.39, 0.29) is 23.7 Å². The second kappa shape index (κ2) is 9.83. The van der Waals surface area contributed by atoms with E-state index in [0.29, 0.717) is 0 Å². The largest absolute Gasteiger partial charge is 0.452 e. The van der Waals surface area contributed by atoms with Gasteiger partial charge in [0.15, 0.2) is 6.10 Å². The number of thiazole rings is 1. The number of nitrogens with zero attached hydrogens (tertiary/aromatic N) is 1. The van der Waals surface area contributed by atoms with Gasteiger partial charge in [0, 0.05) is 10.8 Å². The summed E-state index contributed by atoms with van der Waals surface area (Å²) >= 11 is 3.21. The Labute approximate surface area is 190 Å². The lowest BCUT2D eigenvalue weighted by Gasteiger charge is -2.29. The van der Waals surface area contributed by atoms with Gasteiger partial charge in [-0.2, -0.15) is 0 Å². The van der Waals surface area contributed by atoms with Gasteiger partial charge in [-0.3, -0.25) is 9.59 Å². The highest BCUT2D eigenvalue weighted by Gasteiger charge is 2.36. The van der Waals surface area contributed by atoms with Gasteiger partial charge in [0.2, 0.25) is 0 Å². The molecule has 7 heteroatoms. The summed E-state index contributed by atoms with van der Waals surface area (Å²) in [5, 5.41) is 3.88. The lowest BCUT2D eigenvalue weighted by atomic mass is 9.79. The number of para-hydroxylation sites is 2. The quantitative estimate of drug-likeness (QED) is 0.373. The Bertz CT molecular complexity index is 1050. The van der Waals surface area contributed by atoms with Crippen LogP contribution in [0, 0.1) is 5.92 Å². The predicted molar refractivity (Wildman–Crippen MR) is 127 cm³/mol. The van der Waals surface area contributed by atoms with Gasteiger partial charge in [0.25, 0.3) is 5.91 Å². The molecule has 1 fully saturated rings. The number of carbonyl (C=O) groups is 2. The van der Waals surface area contributed by atoms with Crippen molar-refractivity contribution in [2.24, 2.45) is 5.92 Å². The van der Waals surface area contributed by atoms with Gasteiger partial charge in [0.05, 0.1) is 26.8 Å². The standard InChI is InChI=1S/C24H26N2O3S2/c1-15(22(27)25-18-11-5-7-13-20(18)30-2)29-24(28)17-10-4-3-9-16(17)23-26-19-12-6-8-14-21(19)31-23/h5-8,11-17H,3-4,9-10H2,1-2H3,(H,25,27). The van der Waals surface area contributed by atoms with Crippen LogP contribution in [-0.4, -0.2) is 29.2 Å². The van der Waals surface area contributed by atoms with E-state index in [2.05, 4.69) is 11.4 Å². The van der Waals surface area contributed by atoms with Crippen molar-refractivity contribution in [3.63, 3.8) is 0 Å². The second-order valence-corrected chi connectivity index (χ2v) is 9.70. The molecule has 3 aromatic rings. The van der Waals surface area contributed by atoms with E-state index in [1.807, 2.05) is 48.7 Å². The van der Waals surface area contributed by atoms with E-state index in [0.717, 1.165) is 51.5 Å². The fraction of sp³-hybridized carbons (Fsp3) is 0.375. The second-order valence-electron chi connectivity index (χ2n) is 7.79. The number of carbonyl (C=O) groups excluding carboxylic acids is 2. The molecule has 4 rings (SSSR count). The smallest absolute Gasteiger partial charge is 0.310 e. The van der Waals surface area contributed by atoms with Gasteiger partial charge in [-0.25, -0.2) is 4.98 Å². The van der Waals surface area contributed by atoms with Crippen LogP contribution in [-0.2, 0) is 14.3 Å². The van der Waals surface area contributed by atoms with Crippen molar-refractivity contribution in [1.82, 2.24) is 4.98 Å². The molecule has 1 saturated carbocycles. The summed E-state index contributed by atoms with van der Waals surface area (Å²) < 4.78 is 6.78. The number of benzene rings is 2. The van der Waals surface area contributed by atoms with E-state index in [1.54, 1.807) is 30.0 Å². The Morgan fingerprint density at radius 3 is 2.68 bits per heavy atom. The molecule has 1 N–H and O–H groups in total. The first-order valence-corrected chi connectivity index (χ1v) is 12.6. The Morgan fingerprint density at radius 1 is 1.13 bits per heavy atom. The van der Waals surface area contributed by atoms with E-state index >= 15 is 0 Å². The lowest BCUT2D eigenvalue weighted by molar-refractivity contribution is -0.159. The number of esters is 1. The number of anilines is 1. The van der Waals surface area contributed by atoms with Crippen LogP contribution in [0.15, 0.2) is 53.4 Å². The minimum Gasteiger partial charge on any atom is -0.452 e. The Morgan fingerprint density at radius 2 is 1.87 bits per heavy atom. The molecular weight excluding hydrogens is 428 g/mol. The molecule has 0 spiro atoms. The minimum atomic E-state index is -0.861. The number of fused-ring (bicyclic) bond motifs is 1. The van der Waals surface area contributed by atoms with Gasteiger partial charge in [-0.1, -0.05) is 37.1 Å². The number of ether oxygens (including phenoxy) is 1. The van der Waals surface area contributed by atoms with Crippen LogP contribution in [0.4, 0.5) is 5.69 Å². The third-order valence-electron chi connectivity index (χ3n) is 5.72. The van der Waals surface area contributed by atoms with Crippen LogP contribution >= 0.6 is 23.1 Å². The van der Waals surface area contributed by atoms with Crippen LogP contribution in [0.2, 0.25) is 0 Å². The number of hydrogen-bond acceptors (Lipinski definition) is 6. The zero-order valence-corrected chi connectivity index (χ0v) is 19.3. The molecular formula is C24H26N2O3S2. The van der Waals surface area contributed by atoms with Crippen LogP contribution in [0.1, 0.15) is 43.5 Å². The average molecular weight is 455 g/mol. The summed E-state index contributed by atoms with van der Waals surface area (Å²) in [6.45, 7) is 1.63. The van der Waals surface area contributed by atoms with Gasteiger partial charge >= 0.3 is 5.97 Å². The fourth-order valence-electron chi connectivity index (χ4n) is 4.05. The molecule has 5 nitrogen and oxygen atoms in total. The number of nitrogens with one attached hydrogen (secondary N) is 1. The highest BCUT2D eigenvalue weighted by atomic mass is 32.2. The van der Waals surface area contributed by atoms with Crippen LogP contribution < -0.4 is 5.32 Å². The van der Waals surface area contributed by atoms with Gasteiger partial charge in [-0.05, 0) is 50.3 Å². The van der Waals surface area contributed by atoms with E-state index in [1.165, 1.54) is 0 Å². The Balaban J connectivity index is 1.45. The highest BCUT2D eigenvalue weighted by molar-refractivity contribution is 7.98. The summed E-state index contributed by atoms with van der Waals surface area (Å²) in [4.78, 5) is 31.5. The van der Waals surface area contributed by atoms with Crippen LogP contribution in [0.25, 0.3) is 10.2 Å². The monoisotopic (exact) mass is 454 g/mol. The predicted octanol–water partition coefficient (Wildman–Crippen LogP) is 5.86. The van der Waals surface area contributed by atoms with Crippen molar-refractivity contribution >= 4 is 50.9 Å². The molecule has 3 unspecified atom stereocenters. The molecule has 1 amide bonds. The Hall–Kier alpha value is -2.38. The molecule has 1 heterocycles. The molecule has 1 aliphatic carbocycles. The lowest BCUT2D eigenvalue weighted by Crippen LogP contribution is -2.35. The number of aromatic nitrogens is 1. The third kappa shape index (κ3) is 4.93. The number of rotatable bonds is 6. The first-order chi connectivity index (χ1) is 15.1. The zero-order valence-electron chi connectivity index (χ0n) is 17.7. The topological polar surface area (TPSA) is 68.3 Å². The molecule has 0 aliphatic heterocycles. The number of hydrogen-bond donors (Lipinski definition) is 1. The summed E-state index contributed by atoms with van der Waals surface area (Å²) in [5.41, 5.74) is 1.70. The maximum Gasteiger partial charge on any atom is 0.310 e. The third-order valence-corrected chi connectivity index (χ3v) is 7.69.